The van der Waals surface area contributed by atoms with E-state index in [2.05, 4.69) is 10.2 Å². The number of ether oxygens (including phenoxy) is 2. The Morgan fingerprint density at radius 1 is 0.935 bits per heavy atom. The number of anilines is 1. The third-order valence-electron chi connectivity index (χ3n) is 7.54. The molecule has 5 aromatic rings. The number of hydrogen-bond donors (Lipinski definition) is 1. The lowest BCUT2D eigenvalue weighted by Gasteiger charge is -2.22. The van der Waals surface area contributed by atoms with Gasteiger partial charge in [-0.15, -0.1) is 10.2 Å². The van der Waals surface area contributed by atoms with Gasteiger partial charge in [0.25, 0.3) is 5.78 Å². The molecule has 1 aliphatic heterocycles. The van der Waals surface area contributed by atoms with E-state index in [9.17, 15) is 19.1 Å². The number of carbonyl (C=O) groups is 2. The minimum atomic E-state index is -0.967. The van der Waals surface area contributed by atoms with Crippen molar-refractivity contribution in [1.82, 2.24) is 10.2 Å². The molecule has 1 fully saturated rings. The van der Waals surface area contributed by atoms with Gasteiger partial charge < -0.3 is 14.6 Å². The molecule has 0 aliphatic carbocycles. The minimum absolute atomic E-state index is 0.0699. The molecule has 8 nitrogen and oxygen atoms in total. The van der Waals surface area contributed by atoms with E-state index in [0.29, 0.717) is 39.3 Å². The molecule has 232 valence electrons. The third kappa shape index (κ3) is 6.51. The molecular formula is C35H28FN3O5S2. The number of thioether (sulfide) groups is 1. The Bertz CT molecular complexity index is 1910. The summed E-state index contributed by atoms with van der Waals surface area (Å²) >= 11 is 2.54. The third-order valence-corrected chi connectivity index (χ3v) is 9.66. The predicted octanol–water partition coefficient (Wildman–Crippen LogP) is 7.49. The molecule has 46 heavy (non-hydrogen) atoms. The second-order valence-corrected chi connectivity index (χ2v) is 12.6. The van der Waals surface area contributed by atoms with E-state index < -0.39 is 17.7 Å². The Morgan fingerprint density at radius 3 is 2.33 bits per heavy atom. The van der Waals surface area contributed by atoms with Gasteiger partial charge in [-0.05, 0) is 77.7 Å². The number of hydrogen-bond acceptors (Lipinski definition) is 9. The maximum absolute atomic E-state index is 13.6. The maximum Gasteiger partial charge on any atom is 0.301 e. The fourth-order valence-corrected chi connectivity index (χ4v) is 6.84. The summed E-state index contributed by atoms with van der Waals surface area (Å²) < 4.78 is 25.1. The Kier molecular flexibility index (Phi) is 9.13. The van der Waals surface area contributed by atoms with Gasteiger partial charge in [-0.25, -0.2) is 4.39 Å². The summed E-state index contributed by atoms with van der Waals surface area (Å²) in [5, 5.41) is 20.2. The van der Waals surface area contributed by atoms with Crippen molar-refractivity contribution in [3.63, 3.8) is 0 Å². The number of methoxy groups -OCH3 is 1. The first-order valence-corrected chi connectivity index (χ1v) is 16.1. The van der Waals surface area contributed by atoms with Gasteiger partial charge in [0.15, 0.2) is 4.34 Å². The average Bonchev–Trinajstić information content (AvgIpc) is 3.65. The van der Waals surface area contributed by atoms with Crippen molar-refractivity contribution >= 4 is 45.7 Å². The summed E-state index contributed by atoms with van der Waals surface area (Å²) in [7, 11) is 1.54. The van der Waals surface area contributed by atoms with Crippen molar-refractivity contribution in [1.29, 1.82) is 0 Å². The molecule has 0 radical (unpaired) electrons. The van der Waals surface area contributed by atoms with Crippen LogP contribution in [0.3, 0.4) is 0 Å². The standard InChI is InChI=1S/C35H28FN3O5S2/c1-21-5-3-4-6-25(21)19-44-28-17-11-24(12-18-28)31(40)29-30(23-9-15-27(43-2)16-10-23)39(33(42)32(29)41)34-37-38-35(46-34)45-20-22-7-13-26(36)14-8-22/h3-18,30,40H,19-20H2,1-2H3/b31-29+. The Hall–Kier alpha value is -5.00. The molecule has 1 amide bonds. The van der Waals surface area contributed by atoms with Gasteiger partial charge in [-0.2, -0.15) is 0 Å². The lowest BCUT2D eigenvalue weighted by Crippen LogP contribution is -2.29. The van der Waals surface area contributed by atoms with Crippen molar-refractivity contribution in [2.24, 2.45) is 0 Å². The van der Waals surface area contributed by atoms with Crippen molar-refractivity contribution in [3.8, 4) is 11.5 Å². The highest BCUT2D eigenvalue weighted by molar-refractivity contribution is 8.00. The smallest absolute Gasteiger partial charge is 0.301 e. The summed E-state index contributed by atoms with van der Waals surface area (Å²) in [5.41, 5.74) is 3.94. The maximum atomic E-state index is 13.6. The Balaban J connectivity index is 1.30. The minimum Gasteiger partial charge on any atom is -0.507 e. The number of rotatable bonds is 10. The monoisotopic (exact) mass is 653 g/mol. The Labute approximate surface area is 273 Å². The van der Waals surface area contributed by atoms with Crippen LogP contribution in [0, 0.1) is 12.7 Å². The molecular weight excluding hydrogens is 626 g/mol. The summed E-state index contributed by atoms with van der Waals surface area (Å²) in [6, 6.07) is 26.8. The zero-order valence-corrected chi connectivity index (χ0v) is 26.5. The van der Waals surface area contributed by atoms with Crippen LogP contribution in [0.15, 0.2) is 107 Å². The number of nitrogens with zero attached hydrogens (tertiary/aromatic N) is 3. The van der Waals surface area contributed by atoms with Crippen LogP contribution in [0.5, 0.6) is 11.5 Å². The number of aliphatic hydroxyl groups excluding tert-OH is 1. The fraction of sp³-hybridized carbons (Fsp3) is 0.143. The topological polar surface area (TPSA) is 102 Å². The quantitative estimate of drug-likeness (QED) is 0.0544. The van der Waals surface area contributed by atoms with Gasteiger partial charge in [-0.3, -0.25) is 14.5 Å². The fourth-order valence-electron chi connectivity index (χ4n) is 5.01. The summed E-state index contributed by atoms with van der Waals surface area (Å²) in [6.45, 7) is 2.40. The van der Waals surface area contributed by atoms with E-state index in [4.69, 9.17) is 9.47 Å². The van der Waals surface area contributed by atoms with Gasteiger partial charge in [0.2, 0.25) is 5.13 Å². The number of halogens is 1. The summed E-state index contributed by atoms with van der Waals surface area (Å²) in [6.07, 6.45) is 0. The number of aromatic nitrogens is 2. The largest absolute Gasteiger partial charge is 0.507 e. The molecule has 1 aliphatic rings. The van der Waals surface area contributed by atoms with E-state index in [1.807, 2.05) is 31.2 Å². The number of Topliss-reactive ketones (excluding diaryl/α,β-unsaturated/α-hetero) is 1. The van der Waals surface area contributed by atoms with E-state index in [0.717, 1.165) is 28.0 Å². The van der Waals surface area contributed by atoms with E-state index in [1.54, 1.807) is 67.8 Å². The SMILES string of the molecule is COc1ccc(C2/C(=C(\O)c3ccc(OCc4ccccc4C)cc3)C(=O)C(=O)N2c2nnc(SCc3ccc(F)cc3)s2)cc1. The van der Waals surface area contributed by atoms with Gasteiger partial charge in [0.1, 0.15) is 29.7 Å². The van der Waals surface area contributed by atoms with Gasteiger partial charge in [0.05, 0.1) is 18.7 Å². The highest BCUT2D eigenvalue weighted by atomic mass is 32.2. The highest BCUT2D eigenvalue weighted by Crippen LogP contribution is 2.44. The molecule has 1 saturated heterocycles. The van der Waals surface area contributed by atoms with Crippen molar-refractivity contribution < 1.29 is 28.6 Å². The zero-order valence-electron chi connectivity index (χ0n) is 24.8. The van der Waals surface area contributed by atoms with Crippen LogP contribution in [0.25, 0.3) is 5.76 Å². The second kappa shape index (κ2) is 13.6. The number of amides is 1. The number of benzene rings is 4. The molecule has 4 aromatic carbocycles. The first kappa shape index (κ1) is 31.0. The van der Waals surface area contributed by atoms with Crippen LogP contribution in [0.4, 0.5) is 9.52 Å². The zero-order chi connectivity index (χ0) is 32.2. The van der Waals surface area contributed by atoms with Crippen molar-refractivity contribution in [2.75, 3.05) is 12.0 Å². The molecule has 11 heteroatoms. The van der Waals surface area contributed by atoms with Crippen LogP contribution in [0.2, 0.25) is 0 Å². The van der Waals surface area contributed by atoms with Gasteiger partial charge >= 0.3 is 5.91 Å². The van der Waals surface area contributed by atoms with Crippen LogP contribution < -0.4 is 14.4 Å². The first-order valence-electron chi connectivity index (χ1n) is 14.3. The van der Waals surface area contributed by atoms with Gasteiger partial charge in [0, 0.05) is 11.3 Å². The van der Waals surface area contributed by atoms with Crippen molar-refractivity contribution in [2.45, 2.75) is 29.7 Å². The lowest BCUT2D eigenvalue weighted by atomic mass is 9.95. The average molecular weight is 654 g/mol. The van der Waals surface area contributed by atoms with Crippen LogP contribution in [-0.4, -0.2) is 34.1 Å². The van der Waals surface area contributed by atoms with Gasteiger partial charge in [-0.1, -0.05) is 71.6 Å². The summed E-state index contributed by atoms with van der Waals surface area (Å²) in [5.74, 6) is -0.601. The summed E-state index contributed by atoms with van der Waals surface area (Å²) in [4.78, 5) is 28.4. The molecule has 6 rings (SSSR count). The van der Waals surface area contributed by atoms with E-state index in [-0.39, 0.29) is 22.3 Å². The number of carbonyl (C=O) groups excluding carboxylic acids is 2. The highest BCUT2D eigenvalue weighted by Gasteiger charge is 2.48. The molecule has 2 heterocycles. The predicted molar refractivity (Wildman–Crippen MR) is 176 cm³/mol. The van der Waals surface area contributed by atoms with E-state index >= 15 is 0 Å². The van der Waals surface area contributed by atoms with Crippen LogP contribution >= 0.6 is 23.1 Å². The molecule has 0 spiro atoms. The van der Waals surface area contributed by atoms with Crippen LogP contribution in [0.1, 0.15) is 33.9 Å². The second-order valence-electron chi connectivity index (χ2n) is 10.4. The number of aryl methyl sites for hydroxylation is 1. The van der Waals surface area contributed by atoms with E-state index in [1.165, 1.54) is 28.8 Å². The Morgan fingerprint density at radius 2 is 1.63 bits per heavy atom. The molecule has 1 unspecified atom stereocenters. The molecule has 1 aromatic heterocycles. The number of aliphatic hydroxyl groups is 1. The molecule has 1 N–H and O–H groups in total. The molecule has 0 saturated carbocycles. The molecule has 0 bridgehead atoms. The van der Waals surface area contributed by atoms with Crippen LogP contribution in [-0.2, 0) is 21.9 Å². The van der Waals surface area contributed by atoms with Crippen molar-refractivity contribution in [3.05, 3.63) is 136 Å². The molecule has 1 atom stereocenters. The number of ketones is 1. The lowest BCUT2D eigenvalue weighted by molar-refractivity contribution is -0.132. The normalized spacial score (nSPS) is 15.7. The first-order chi connectivity index (χ1) is 22.3.